The summed E-state index contributed by atoms with van der Waals surface area (Å²) in [6.45, 7) is 2.72. The second kappa shape index (κ2) is 7.89. The molecule has 0 bridgehead atoms. The van der Waals surface area contributed by atoms with Crippen molar-refractivity contribution in [2.45, 2.75) is 42.7 Å². The standard InChI is InChI=1S/C22H28N2O5S/c1-5-30-15-9-8-13(12-14(15)28-3)18-16-17(20(26)23(2)19(16)25)22(21(27)29-4)10-6-7-11-24(18)22/h8-9,12,16-18H,5-7,10-11H2,1-4H3/t16?,17?,18?,22-/m0/s1. The summed E-state index contributed by atoms with van der Waals surface area (Å²) in [7, 11) is 4.50. The summed E-state index contributed by atoms with van der Waals surface area (Å²) in [4.78, 5) is 43.8. The lowest BCUT2D eigenvalue weighted by atomic mass is 9.75. The number of methoxy groups -OCH3 is 2. The summed E-state index contributed by atoms with van der Waals surface area (Å²) in [5.41, 5.74) is -0.198. The number of benzene rings is 1. The zero-order valence-corrected chi connectivity index (χ0v) is 18.7. The van der Waals surface area contributed by atoms with Gasteiger partial charge >= 0.3 is 5.97 Å². The average Bonchev–Trinajstić information content (AvgIpc) is 3.20. The average molecular weight is 433 g/mol. The fraction of sp³-hybridized carbons (Fsp3) is 0.591. The van der Waals surface area contributed by atoms with Crippen LogP contribution in [0, 0.1) is 11.8 Å². The van der Waals surface area contributed by atoms with Crippen LogP contribution in [0.1, 0.15) is 37.8 Å². The molecule has 30 heavy (non-hydrogen) atoms. The van der Waals surface area contributed by atoms with Gasteiger partial charge in [0.2, 0.25) is 11.8 Å². The number of rotatable bonds is 5. The van der Waals surface area contributed by atoms with E-state index in [2.05, 4.69) is 11.8 Å². The molecule has 162 valence electrons. The number of carbonyl (C=O) groups is 3. The molecule has 0 saturated carbocycles. The Balaban J connectivity index is 1.88. The summed E-state index contributed by atoms with van der Waals surface area (Å²) >= 11 is 1.69. The van der Waals surface area contributed by atoms with Crippen LogP contribution in [-0.4, -0.2) is 66.7 Å². The molecule has 2 amide bonds. The zero-order valence-electron chi connectivity index (χ0n) is 17.8. The van der Waals surface area contributed by atoms with Crippen molar-refractivity contribution in [3.63, 3.8) is 0 Å². The van der Waals surface area contributed by atoms with E-state index in [1.165, 1.54) is 19.1 Å². The van der Waals surface area contributed by atoms with Gasteiger partial charge in [-0.25, -0.2) is 0 Å². The van der Waals surface area contributed by atoms with Gasteiger partial charge in [-0.15, -0.1) is 11.8 Å². The van der Waals surface area contributed by atoms with Gasteiger partial charge in [-0.1, -0.05) is 13.0 Å². The third-order valence-electron chi connectivity index (χ3n) is 6.85. The molecule has 3 heterocycles. The number of likely N-dealkylation sites (tertiary alicyclic amines) is 1. The maximum Gasteiger partial charge on any atom is 0.327 e. The van der Waals surface area contributed by atoms with E-state index in [-0.39, 0.29) is 17.9 Å². The Kier molecular flexibility index (Phi) is 5.57. The summed E-state index contributed by atoms with van der Waals surface area (Å²) < 4.78 is 10.8. The largest absolute Gasteiger partial charge is 0.496 e. The molecular formula is C22H28N2O5S. The van der Waals surface area contributed by atoms with Crippen molar-refractivity contribution >= 4 is 29.5 Å². The predicted octanol–water partition coefficient (Wildman–Crippen LogP) is 2.49. The normalized spacial score (nSPS) is 30.9. The smallest absolute Gasteiger partial charge is 0.327 e. The van der Waals surface area contributed by atoms with Crippen molar-refractivity contribution in [2.75, 3.05) is 33.6 Å². The second-order valence-electron chi connectivity index (χ2n) is 8.09. The van der Waals surface area contributed by atoms with Crippen LogP contribution in [0.3, 0.4) is 0 Å². The lowest BCUT2D eigenvalue weighted by Crippen LogP contribution is -2.59. The van der Waals surface area contributed by atoms with Gasteiger partial charge in [-0.3, -0.25) is 24.2 Å². The fourth-order valence-electron chi connectivity index (χ4n) is 5.64. The van der Waals surface area contributed by atoms with Crippen molar-refractivity contribution in [2.24, 2.45) is 11.8 Å². The van der Waals surface area contributed by atoms with Gasteiger partial charge in [-0.2, -0.15) is 0 Å². The minimum absolute atomic E-state index is 0.223. The van der Waals surface area contributed by atoms with Gasteiger partial charge in [0.15, 0.2) is 0 Å². The number of esters is 1. The van der Waals surface area contributed by atoms with Crippen LogP contribution < -0.4 is 4.74 Å². The van der Waals surface area contributed by atoms with E-state index in [0.717, 1.165) is 34.8 Å². The molecule has 0 N–H and O–H groups in total. The van der Waals surface area contributed by atoms with E-state index in [1.54, 1.807) is 18.9 Å². The Morgan fingerprint density at radius 3 is 2.67 bits per heavy atom. The third-order valence-corrected chi connectivity index (χ3v) is 7.79. The zero-order chi connectivity index (χ0) is 21.6. The summed E-state index contributed by atoms with van der Waals surface area (Å²) in [5.74, 6) is -0.583. The summed E-state index contributed by atoms with van der Waals surface area (Å²) in [6, 6.07) is 5.59. The number of hydrogen-bond donors (Lipinski definition) is 0. The molecule has 4 rings (SSSR count). The number of nitrogens with zero attached hydrogens (tertiary/aromatic N) is 2. The highest BCUT2D eigenvalue weighted by Crippen LogP contribution is 2.58. The topological polar surface area (TPSA) is 76.2 Å². The Labute approximate surface area is 181 Å². The third kappa shape index (κ3) is 2.80. The van der Waals surface area contributed by atoms with Crippen LogP contribution in [-0.2, 0) is 19.1 Å². The first-order valence-corrected chi connectivity index (χ1v) is 11.4. The van der Waals surface area contributed by atoms with E-state index >= 15 is 0 Å². The van der Waals surface area contributed by atoms with E-state index in [0.29, 0.717) is 13.0 Å². The first-order chi connectivity index (χ1) is 14.4. The van der Waals surface area contributed by atoms with Crippen LogP contribution in [0.4, 0.5) is 0 Å². The molecule has 3 aliphatic heterocycles. The number of imide groups is 1. The van der Waals surface area contributed by atoms with Gasteiger partial charge in [0, 0.05) is 18.0 Å². The quantitative estimate of drug-likeness (QED) is 0.402. The Bertz CT molecular complexity index is 890. The van der Waals surface area contributed by atoms with Gasteiger partial charge < -0.3 is 9.47 Å². The van der Waals surface area contributed by atoms with Crippen LogP contribution >= 0.6 is 11.8 Å². The monoisotopic (exact) mass is 432 g/mol. The molecule has 1 aromatic rings. The number of carbonyl (C=O) groups excluding carboxylic acids is 3. The van der Waals surface area contributed by atoms with Gasteiger partial charge in [0.1, 0.15) is 11.3 Å². The molecule has 4 atom stereocenters. The molecule has 8 heteroatoms. The SMILES string of the molecule is CCSc1ccc(C2C3C(=O)N(C)C(=O)C3[C@]3(C(=O)OC)CCCCN23)cc1OC. The minimum atomic E-state index is -1.09. The lowest BCUT2D eigenvalue weighted by Gasteiger charge is -2.44. The van der Waals surface area contributed by atoms with Crippen molar-refractivity contribution in [3.05, 3.63) is 23.8 Å². The molecular weight excluding hydrogens is 404 g/mol. The molecule has 3 fully saturated rings. The Morgan fingerprint density at radius 1 is 1.23 bits per heavy atom. The first kappa shape index (κ1) is 21.2. The van der Waals surface area contributed by atoms with Gasteiger partial charge in [0.05, 0.1) is 26.1 Å². The molecule has 3 saturated heterocycles. The maximum atomic E-state index is 13.2. The van der Waals surface area contributed by atoms with Crippen molar-refractivity contribution < 1.29 is 23.9 Å². The number of piperidine rings is 1. The highest BCUT2D eigenvalue weighted by atomic mass is 32.2. The van der Waals surface area contributed by atoms with E-state index in [4.69, 9.17) is 9.47 Å². The molecule has 1 aromatic carbocycles. The van der Waals surface area contributed by atoms with E-state index in [9.17, 15) is 14.4 Å². The van der Waals surface area contributed by atoms with Crippen LogP contribution in [0.2, 0.25) is 0 Å². The molecule has 3 unspecified atom stereocenters. The number of amides is 2. The van der Waals surface area contributed by atoms with Gasteiger partial charge in [0.25, 0.3) is 0 Å². The molecule has 0 radical (unpaired) electrons. The van der Waals surface area contributed by atoms with E-state index < -0.39 is 23.3 Å². The van der Waals surface area contributed by atoms with Crippen molar-refractivity contribution in [3.8, 4) is 5.75 Å². The van der Waals surface area contributed by atoms with Crippen LogP contribution in [0.15, 0.2) is 23.1 Å². The maximum absolute atomic E-state index is 13.2. The summed E-state index contributed by atoms with van der Waals surface area (Å²) in [6.07, 6.45) is 2.25. The second-order valence-corrected chi connectivity index (χ2v) is 9.40. The molecule has 7 nitrogen and oxygen atoms in total. The van der Waals surface area contributed by atoms with E-state index in [1.807, 2.05) is 18.2 Å². The molecule has 0 spiro atoms. The Morgan fingerprint density at radius 2 is 2.00 bits per heavy atom. The highest BCUT2D eigenvalue weighted by molar-refractivity contribution is 7.99. The van der Waals surface area contributed by atoms with Crippen LogP contribution in [0.25, 0.3) is 0 Å². The summed E-state index contributed by atoms with van der Waals surface area (Å²) in [5, 5.41) is 0. The van der Waals surface area contributed by atoms with Crippen molar-refractivity contribution in [1.29, 1.82) is 0 Å². The predicted molar refractivity (Wildman–Crippen MR) is 112 cm³/mol. The van der Waals surface area contributed by atoms with Crippen molar-refractivity contribution in [1.82, 2.24) is 9.80 Å². The Hall–Kier alpha value is -2.06. The van der Waals surface area contributed by atoms with Crippen LogP contribution in [0.5, 0.6) is 5.75 Å². The fourth-order valence-corrected chi connectivity index (χ4v) is 6.40. The molecule has 3 aliphatic rings. The molecule has 0 aromatic heterocycles. The molecule has 0 aliphatic carbocycles. The number of ether oxygens (including phenoxy) is 2. The number of hydrogen-bond acceptors (Lipinski definition) is 7. The number of thioether (sulfide) groups is 1. The number of fused-ring (bicyclic) bond motifs is 3. The lowest BCUT2D eigenvalue weighted by molar-refractivity contribution is -0.163. The first-order valence-electron chi connectivity index (χ1n) is 10.4. The highest BCUT2D eigenvalue weighted by Gasteiger charge is 2.72. The van der Waals surface area contributed by atoms with Gasteiger partial charge in [-0.05, 0) is 49.3 Å². The minimum Gasteiger partial charge on any atom is -0.496 e.